The van der Waals surface area contributed by atoms with Crippen LogP contribution in [0, 0.1) is 12.8 Å². The molecule has 0 spiro atoms. The second-order valence-electron chi connectivity index (χ2n) is 8.17. The molecule has 5 nitrogen and oxygen atoms in total. The number of likely N-dealkylation sites (tertiary alicyclic amines) is 1. The van der Waals surface area contributed by atoms with E-state index in [-0.39, 0.29) is 24.4 Å². The van der Waals surface area contributed by atoms with Crippen LogP contribution in [0.1, 0.15) is 16.7 Å². The zero-order valence-electron chi connectivity index (χ0n) is 17.8. The number of benzene rings is 3. The Hall–Kier alpha value is -3.70. The first-order valence-corrected chi connectivity index (χ1v) is 10.8. The Balaban J connectivity index is 1.48. The number of fused-ring (bicyclic) bond motifs is 1. The topological polar surface area (TPSA) is 49.9 Å². The Morgan fingerprint density at radius 3 is 2.22 bits per heavy atom. The minimum Gasteiger partial charge on any atom is -0.275 e. The van der Waals surface area contributed by atoms with Gasteiger partial charge in [-0.05, 0) is 35.7 Å². The molecule has 0 aromatic heterocycles. The SMILES string of the molecule is Cc1ccccc1/C=C/[C@H]1[C@@H]2C(=O)N(Cc3ccccc3)C(=O)[C@@H]2ON1c1ccccc1. The Labute approximate surface area is 187 Å². The van der Waals surface area contributed by atoms with Crippen LogP contribution in [0.4, 0.5) is 5.69 Å². The van der Waals surface area contributed by atoms with Gasteiger partial charge in [0.05, 0.1) is 18.3 Å². The molecular weight excluding hydrogens is 400 g/mol. The van der Waals surface area contributed by atoms with Crippen molar-refractivity contribution in [3.63, 3.8) is 0 Å². The van der Waals surface area contributed by atoms with Crippen LogP contribution in [0.5, 0.6) is 0 Å². The van der Waals surface area contributed by atoms with E-state index in [1.165, 1.54) is 4.90 Å². The van der Waals surface area contributed by atoms with Gasteiger partial charge >= 0.3 is 0 Å². The number of para-hydroxylation sites is 1. The number of hydroxylamine groups is 1. The van der Waals surface area contributed by atoms with Gasteiger partial charge in [-0.3, -0.25) is 19.3 Å². The fraction of sp³-hybridized carbons (Fsp3) is 0.185. The molecule has 2 aliphatic heterocycles. The summed E-state index contributed by atoms with van der Waals surface area (Å²) in [6.45, 7) is 2.31. The smallest absolute Gasteiger partial charge is 0.262 e. The van der Waals surface area contributed by atoms with E-state index in [1.807, 2.05) is 91.0 Å². The highest BCUT2D eigenvalue weighted by atomic mass is 16.7. The first kappa shape index (κ1) is 20.2. The van der Waals surface area contributed by atoms with E-state index in [0.29, 0.717) is 0 Å². The standard InChI is InChI=1S/C27H24N2O3/c1-19-10-8-9-13-21(19)16-17-23-24-25(32-29(23)22-14-6-3-7-15-22)27(31)28(26(24)30)18-20-11-4-2-5-12-20/h2-17,23-25H,18H2,1H3/b17-16+/t23-,24-,25+/m0/s1. The molecule has 2 fully saturated rings. The minimum atomic E-state index is -0.821. The Morgan fingerprint density at radius 1 is 0.844 bits per heavy atom. The molecule has 0 bridgehead atoms. The summed E-state index contributed by atoms with van der Waals surface area (Å²) < 4.78 is 0. The summed E-state index contributed by atoms with van der Waals surface area (Å²) in [6.07, 6.45) is 3.18. The number of anilines is 1. The van der Waals surface area contributed by atoms with Crippen LogP contribution in [-0.2, 0) is 21.0 Å². The molecule has 0 N–H and O–H groups in total. The normalized spacial score (nSPS) is 22.7. The highest BCUT2D eigenvalue weighted by Gasteiger charge is 2.58. The van der Waals surface area contributed by atoms with Crippen molar-refractivity contribution in [2.45, 2.75) is 25.6 Å². The molecule has 2 amide bonds. The van der Waals surface area contributed by atoms with Gasteiger partial charge in [-0.25, -0.2) is 5.06 Å². The predicted molar refractivity (Wildman–Crippen MR) is 123 cm³/mol. The van der Waals surface area contributed by atoms with Crippen LogP contribution in [0.2, 0.25) is 0 Å². The van der Waals surface area contributed by atoms with Crippen LogP contribution in [0.3, 0.4) is 0 Å². The number of hydrogen-bond donors (Lipinski definition) is 0. The van der Waals surface area contributed by atoms with Crippen molar-refractivity contribution in [3.8, 4) is 0 Å². The maximum Gasteiger partial charge on any atom is 0.262 e. The zero-order valence-corrected chi connectivity index (χ0v) is 17.8. The zero-order chi connectivity index (χ0) is 22.1. The monoisotopic (exact) mass is 424 g/mol. The molecule has 32 heavy (non-hydrogen) atoms. The summed E-state index contributed by atoms with van der Waals surface area (Å²) in [5, 5.41) is 1.71. The van der Waals surface area contributed by atoms with E-state index < -0.39 is 12.0 Å². The lowest BCUT2D eigenvalue weighted by Crippen LogP contribution is -2.39. The van der Waals surface area contributed by atoms with Gasteiger partial charge in [-0.15, -0.1) is 0 Å². The molecule has 3 aromatic rings. The lowest BCUT2D eigenvalue weighted by molar-refractivity contribution is -0.143. The van der Waals surface area contributed by atoms with Gasteiger partial charge in [0.1, 0.15) is 5.92 Å². The highest BCUT2D eigenvalue weighted by Crippen LogP contribution is 2.40. The molecule has 0 unspecified atom stereocenters. The van der Waals surface area contributed by atoms with Gasteiger partial charge in [-0.1, -0.05) is 84.9 Å². The molecule has 5 heteroatoms. The van der Waals surface area contributed by atoms with Gasteiger partial charge in [0.2, 0.25) is 5.91 Å². The van der Waals surface area contributed by atoms with Crippen LogP contribution < -0.4 is 5.06 Å². The number of aryl methyl sites for hydroxylation is 1. The largest absolute Gasteiger partial charge is 0.275 e. The fourth-order valence-electron chi connectivity index (χ4n) is 4.40. The minimum absolute atomic E-state index is 0.193. The van der Waals surface area contributed by atoms with Crippen molar-refractivity contribution in [2.75, 3.05) is 5.06 Å². The Morgan fingerprint density at radius 2 is 1.50 bits per heavy atom. The number of rotatable bonds is 5. The van der Waals surface area contributed by atoms with E-state index >= 15 is 0 Å². The lowest BCUT2D eigenvalue weighted by atomic mass is 9.95. The first-order valence-electron chi connectivity index (χ1n) is 10.8. The van der Waals surface area contributed by atoms with Crippen molar-refractivity contribution >= 4 is 23.6 Å². The van der Waals surface area contributed by atoms with Crippen molar-refractivity contribution in [3.05, 3.63) is 108 Å². The first-order chi connectivity index (χ1) is 15.6. The maximum atomic E-state index is 13.4. The quantitative estimate of drug-likeness (QED) is 0.571. The molecule has 5 rings (SSSR count). The number of imide groups is 1. The van der Waals surface area contributed by atoms with E-state index in [0.717, 1.165) is 22.4 Å². The molecule has 0 radical (unpaired) electrons. The third-order valence-electron chi connectivity index (χ3n) is 6.11. The third kappa shape index (κ3) is 3.61. The maximum absolute atomic E-state index is 13.4. The second-order valence-corrected chi connectivity index (χ2v) is 8.17. The number of nitrogens with zero attached hydrogens (tertiary/aromatic N) is 2. The molecule has 0 saturated carbocycles. The summed E-state index contributed by atoms with van der Waals surface area (Å²) in [6, 6.07) is 26.9. The molecule has 2 saturated heterocycles. The average Bonchev–Trinajstić information content (AvgIpc) is 3.31. The van der Waals surface area contributed by atoms with Crippen LogP contribution in [0.15, 0.2) is 91.0 Å². The van der Waals surface area contributed by atoms with Crippen molar-refractivity contribution in [1.82, 2.24) is 4.90 Å². The van der Waals surface area contributed by atoms with Gasteiger partial charge in [-0.2, -0.15) is 0 Å². The van der Waals surface area contributed by atoms with Gasteiger partial charge in [0.15, 0.2) is 6.10 Å². The third-order valence-corrected chi connectivity index (χ3v) is 6.11. The molecule has 160 valence electrons. The Kier molecular flexibility index (Phi) is 5.33. The average molecular weight is 425 g/mol. The number of hydrogen-bond acceptors (Lipinski definition) is 4. The summed E-state index contributed by atoms with van der Waals surface area (Å²) in [5.74, 6) is -1.06. The van der Waals surface area contributed by atoms with E-state index in [1.54, 1.807) is 5.06 Å². The summed E-state index contributed by atoms with van der Waals surface area (Å²) in [5.41, 5.74) is 3.95. The van der Waals surface area contributed by atoms with Crippen molar-refractivity contribution in [2.24, 2.45) is 5.92 Å². The molecule has 0 aliphatic carbocycles. The van der Waals surface area contributed by atoms with E-state index in [4.69, 9.17) is 4.84 Å². The molecular formula is C27H24N2O3. The van der Waals surface area contributed by atoms with Crippen molar-refractivity contribution < 1.29 is 14.4 Å². The number of amides is 2. The lowest BCUT2D eigenvalue weighted by Gasteiger charge is -2.26. The summed E-state index contributed by atoms with van der Waals surface area (Å²) >= 11 is 0. The molecule has 3 atom stereocenters. The number of carbonyl (C=O) groups is 2. The van der Waals surface area contributed by atoms with Crippen LogP contribution in [0.25, 0.3) is 6.08 Å². The van der Waals surface area contributed by atoms with Crippen LogP contribution >= 0.6 is 0 Å². The van der Waals surface area contributed by atoms with Gasteiger partial charge in [0, 0.05) is 0 Å². The van der Waals surface area contributed by atoms with Gasteiger partial charge < -0.3 is 0 Å². The highest BCUT2D eigenvalue weighted by molar-refractivity contribution is 6.07. The fourth-order valence-corrected chi connectivity index (χ4v) is 4.40. The second kappa shape index (κ2) is 8.44. The summed E-state index contributed by atoms with van der Waals surface area (Å²) in [7, 11) is 0. The molecule has 3 aromatic carbocycles. The van der Waals surface area contributed by atoms with E-state index in [2.05, 4.69) is 13.0 Å². The molecule has 2 aliphatic rings. The van der Waals surface area contributed by atoms with Crippen molar-refractivity contribution in [1.29, 1.82) is 0 Å². The van der Waals surface area contributed by atoms with Gasteiger partial charge in [0.25, 0.3) is 5.91 Å². The summed E-state index contributed by atoms with van der Waals surface area (Å²) in [4.78, 5) is 34.1. The van der Waals surface area contributed by atoms with Crippen LogP contribution in [-0.4, -0.2) is 28.9 Å². The van der Waals surface area contributed by atoms with E-state index in [9.17, 15) is 9.59 Å². The number of carbonyl (C=O) groups excluding carboxylic acids is 2. The Bertz CT molecular complexity index is 1160. The molecule has 2 heterocycles. The predicted octanol–water partition coefficient (Wildman–Crippen LogP) is 4.38.